The smallest absolute Gasteiger partial charge is 0.291 e. The number of halogens is 1. The molecule has 0 unspecified atom stereocenters. The molecule has 1 heterocycles. The van der Waals surface area contributed by atoms with Crippen LogP contribution in [-0.4, -0.2) is 17.5 Å². The van der Waals surface area contributed by atoms with Crippen LogP contribution < -0.4 is 10.7 Å². The van der Waals surface area contributed by atoms with E-state index in [4.69, 9.17) is 4.42 Å². The fourth-order valence-electron chi connectivity index (χ4n) is 4.23. The summed E-state index contributed by atoms with van der Waals surface area (Å²) < 4.78 is 6.66. The van der Waals surface area contributed by atoms with E-state index in [1.165, 1.54) is 0 Å². The Morgan fingerprint density at radius 3 is 2.26 bits per heavy atom. The number of benzene rings is 3. The van der Waals surface area contributed by atoms with Gasteiger partial charge < -0.3 is 9.73 Å². The maximum absolute atomic E-state index is 13.1. The third kappa shape index (κ3) is 5.63. The Morgan fingerprint density at radius 1 is 0.842 bits per heavy atom. The average molecular weight is 570 g/mol. The monoisotopic (exact) mass is 569 g/mol. The summed E-state index contributed by atoms with van der Waals surface area (Å²) in [4.78, 5) is 25.7. The number of hydrogen-bond donors (Lipinski definition) is 2. The molecule has 5 rings (SSSR count). The minimum Gasteiger partial charge on any atom is -0.455 e. The van der Waals surface area contributed by atoms with Gasteiger partial charge in [-0.1, -0.05) is 30.3 Å². The highest BCUT2D eigenvalue weighted by atomic mass is 79.9. The summed E-state index contributed by atoms with van der Waals surface area (Å²) in [6.07, 6.45) is 2.18. The summed E-state index contributed by atoms with van der Waals surface area (Å²) in [7, 11) is 0. The zero-order valence-electron chi connectivity index (χ0n) is 20.6. The van der Waals surface area contributed by atoms with Gasteiger partial charge in [0.25, 0.3) is 11.8 Å². The number of fused-ring (bicyclic) bond motifs is 1. The number of nitrogens with one attached hydrogen (secondary N) is 2. The maximum Gasteiger partial charge on any atom is 0.291 e. The summed E-state index contributed by atoms with van der Waals surface area (Å²) in [5.41, 5.74) is 7.34. The number of azo groups is 1. The number of carbonyl (C=O) groups excluding carboxylic acids is 2. The third-order valence-electron chi connectivity index (χ3n) is 6.11. The lowest BCUT2D eigenvalue weighted by atomic mass is 9.93. The number of rotatable bonds is 6. The van der Waals surface area contributed by atoms with E-state index in [1.54, 1.807) is 42.5 Å². The van der Waals surface area contributed by atoms with Crippen LogP contribution in [0.4, 0.5) is 17.1 Å². The first kappa shape index (κ1) is 25.3. The Morgan fingerprint density at radius 2 is 1.53 bits per heavy atom. The van der Waals surface area contributed by atoms with Crippen molar-refractivity contribution in [3.8, 4) is 0 Å². The van der Waals surface area contributed by atoms with Crippen LogP contribution in [0.2, 0.25) is 0 Å². The van der Waals surface area contributed by atoms with Crippen LogP contribution in [0.25, 0.3) is 0 Å². The number of amides is 2. The number of aryl methyl sites for hydroxylation is 1. The number of furan rings is 1. The van der Waals surface area contributed by atoms with Gasteiger partial charge in [-0.25, -0.2) is 5.43 Å². The molecule has 0 aliphatic heterocycles. The first-order chi connectivity index (χ1) is 18.5. The summed E-state index contributed by atoms with van der Waals surface area (Å²) in [5, 5.41) is 15.7. The molecule has 1 aliphatic carbocycles. The lowest BCUT2D eigenvalue weighted by Gasteiger charge is -2.13. The van der Waals surface area contributed by atoms with Gasteiger partial charge in [0, 0.05) is 27.7 Å². The Labute approximate surface area is 228 Å². The molecular formula is C29H24BrN5O3. The highest BCUT2D eigenvalue weighted by molar-refractivity contribution is 9.10. The van der Waals surface area contributed by atoms with Crippen LogP contribution in [-0.2, 0) is 6.42 Å². The lowest BCUT2D eigenvalue weighted by molar-refractivity contribution is 0.0952. The van der Waals surface area contributed by atoms with Crippen LogP contribution >= 0.6 is 15.9 Å². The van der Waals surface area contributed by atoms with E-state index < -0.39 is 0 Å². The van der Waals surface area contributed by atoms with E-state index >= 15 is 0 Å². The molecule has 2 amide bonds. The first-order valence-corrected chi connectivity index (χ1v) is 12.9. The second kappa shape index (κ2) is 11.4. The Hall–Kier alpha value is -4.37. The molecule has 0 atom stereocenters. The Kier molecular flexibility index (Phi) is 7.55. The van der Waals surface area contributed by atoms with E-state index in [1.807, 2.05) is 43.3 Å². The molecule has 38 heavy (non-hydrogen) atoms. The maximum atomic E-state index is 13.1. The lowest BCUT2D eigenvalue weighted by Crippen LogP contribution is -2.22. The third-order valence-corrected chi connectivity index (χ3v) is 6.80. The van der Waals surface area contributed by atoms with Crippen LogP contribution in [0.3, 0.4) is 0 Å². The van der Waals surface area contributed by atoms with Gasteiger partial charge in [-0.3, -0.25) is 9.59 Å². The van der Waals surface area contributed by atoms with Crippen molar-refractivity contribution in [1.29, 1.82) is 0 Å². The summed E-state index contributed by atoms with van der Waals surface area (Å²) in [5.74, 6) is 0.258. The van der Waals surface area contributed by atoms with Gasteiger partial charge in [0.2, 0.25) is 0 Å². The summed E-state index contributed by atoms with van der Waals surface area (Å²) in [6, 6.07) is 23.7. The van der Waals surface area contributed by atoms with Crippen molar-refractivity contribution in [3.05, 3.63) is 112 Å². The van der Waals surface area contributed by atoms with E-state index in [-0.39, 0.29) is 17.6 Å². The standard InChI is InChI=1S/C29H24BrN5O3/c1-18-26-24(34-35-28(36)22-10-5-6-11-23(22)30)12-7-13-25(26)38-27(18)29(37)31-19-14-16-21(17-15-19)33-32-20-8-3-2-4-9-20/h2-6,8-11,14-17H,7,12-13H2,1H3,(H,31,37)(H,35,36)/b33-32?,34-24+. The van der Waals surface area contributed by atoms with Crippen LogP contribution in [0.15, 0.2) is 103 Å². The molecule has 8 nitrogen and oxygen atoms in total. The van der Waals surface area contributed by atoms with Gasteiger partial charge in [-0.15, -0.1) is 0 Å². The molecule has 1 aliphatic rings. The van der Waals surface area contributed by atoms with Crippen molar-refractivity contribution in [2.45, 2.75) is 26.2 Å². The molecule has 4 aromatic rings. The van der Waals surface area contributed by atoms with Crippen LogP contribution in [0.5, 0.6) is 0 Å². The zero-order valence-corrected chi connectivity index (χ0v) is 22.2. The number of anilines is 1. The predicted molar refractivity (Wildman–Crippen MR) is 150 cm³/mol. The zero-order chi connectivity index (χ0) is 26.5. The minimum atomic E-state index is -0.354. The SMILES string of the molecule is Cc1c(C(=O)Nc2ccc(N=Nc3ccccc3)cc2)oc2c1/C(=N/NC(=O)c1ccccc1Br)CCC2. The average Bonchev–Trinajstić information content (AvgIpc) is 3.29. The van der Waals surface area contributed by atoms with Gasteiger partial charge >= 0.3 is 0 Å². The molecule has 1 aromatic heterocycles. The molecule has 190 valence electrons. The number of hydrazone groups is 1. The van der Waals surface area contributed by atoms with Crippen molar-refractivity contribution in [2.24, 2.45) is 15.3 Å². The molecule has 0 saturated carbocycles. The molecule has 0 saturated heterocycles. The van der Waals surface area contributed by atoms with Gasteiger partial charge in [0.15, 0.2) is 5.76 Å². The topological polar surface area (TPSA) is 108 Å². The van der Waals surface area contributed by atoms with Gasteiger partial charge in [-0.05, 0) is 84.2 Å². The van der Waals surface area contributed by atoms with E-state index in [0.717, 1.165) is 17.7 Å². The Bertz CT molecular complexity index is 1540. The summed E-state index contributed by atoms with van der Waals surface area (Å²) >= 11 is 3.39. The second-order valence-electron chi connectivity index (χ2n) is 8.72. The summed E-state index contributed by atoms with van der Waals surface area (Å²) in [6.45, 7) is 1.83. The van der Waals surface area contributed by atoms with Crippen molar-refractivity contribution >= 4 is 50.5 Å². The molecule has 3 aromatic carbocycles. The van der Waals surface area contributed by atoms with Crippen LogP contribution in [0, 0.1) is 6.92 Å². The highest BCUT2D eigenvalue weighted by Gasteiger charge is 2.28. The Balaban J connectivity index is 1.29. The molecule has 0 fully saturated rings. The fraction of sp³-hybridized carbons (Fsp3) is 0.138. The van der Waals surface area contributed by atoms with E-state index in [0.29, 0.717) is 51.3 Å². The van der Waals surface area contributed by atoms with Gasteiger partial charge in [0.05, 0.1) is 22.6 Å². The van der Waals surface area contributed by atoms with Crippen molar-refractivity contribution in [3.63, 3.8) is 0 Å². The second-order valence-corrected chi connectivity index (χ2v) is 9.58. The number of nitrogens with zero attached hydrogens (tertiary/aromatic N) is 3. The first-order valence-electron chi connectivity index (χ1n) is 12.1. The van der Waals surface area contributed by atoms with Crippen molar-refractivity contribution < 1.29 is 14.0 Å². The molecule has 0 radical (unpaired) electrons. The van der Waals surface area contributed by atoms with E-state index in [9.17, 15) is 9.59 Å². The van der Waals surface area contributed by atoms with Crippen molar-refractivity contribution in [1.82, 2.24) is 5.43 Å². The molecule has 0 bridgehead atoms. The largest absolute Gasteiger partial charge is 0.455 e. The van der Waals surface area contributed by atoms with Gasteiger partial charge in [-0.2, -0.15) is 15.3 Å². The van der Waals surface area contributed by atoms with Crippen molar-refractivity contribution in [2.75, 3.05) is 5.32 Å². The molecule has 9 heteroatoms. The quantitative estimate of drug-likeness (QED) is 0.185. The molecular weight excluding hydrogens is 546 g/mol. The van der Waals surface area contributed by atoms with E-state index in [2.05, 4.69) is 42.0 Å². The molecule has 2 N–H and O–H groups in total. The fourth-order valence-corrected chi connectivity index (χ4v) is 4.69. The molecule has 0 spiro atoms. The number of hydrogen-bond acceptors (Lipinski definition) is 6. The predicted octanol–water partition coefficient (Wildman–Crippen LogP) is 7.49. The normalized spacial score (nSPS) is 13.9. The van der Waals surface area contributed by atoms with Gasteiger partial charge in [0.1, 0.15) is 5.76 Å². The minimum absolute atomic E-state index is 0.231. The van der Waals surface area contributed by atoms with Crippen LogP contribution in [0.1, 0.15) is 50.6 Å². The highest BCUT2D eigenvalue weighted by Crippen LogP contribution is 2.30. The number of carbonyl (C=O) groups is 2.